The number of hydrogen-bond donors (Lipinski definition) is 0. The van der Waals surface area contributed by atoms with Gasteiger partial charge in [0.25, 0.3) is 0 Å². The molecule has 1 aliphatic rings. The van der Waals surface area contributed by atoms with Gasteiger partial charge in [-0.1, -0.05) is 182 Å². The molecule has 2 nitrogen and oxygen atoms in total. The molecule has 0 aliphatic heterocycles. The predicted octanol–water partition coefficient (Wildman–Crippen LogP) is 14.4. The Morgan fingerprint density at radius 3 is 1.30 bits per heavy atom. The van der Waals surface area contributed by atoms with Gasteiger partial charge in [-0.3, -0.25) is 0 Å². The molecule has 0 amide bonds. The van der Waals surface area contributed by atoms with Crippen molar-refractivity contribution >= 4 is 38.9 Å². The second kappa shape index (κ2) is 13.4. The van der Waals surface area contributed by atoms with E-state index < -0.39 is 5.54 Å². The van der Waals surface area contributed by atoms with E-state index in [1.165, 1.54) is 71.9 Å². The molecule has 0 fully saturated rings. The van der Waals surface area contributed by atoms with Crippen molar-refractivity contribution in [2.24, 2.45) is 0 Å². The molecule has 268 valence electrons. The number of nitrogens with zero attached hydrogens (tertiary/aromatic N) is 2. The molecule has 1 aliphatic carbocycles. The highest BCUT2D eigenvalue weighted by molar-refractivity contribution is 6.10. The van der Waals surface area contributed by atoms with Gasteiger partial charge in [-0.2, -0.15) is 0 Å². The first-order chi connectivity index (χ1) is 28.3. The maximum atomic E-state index is 2.62. The van der Waals surface area contributed by atoms with Gasteiger partial charge < -0.3 is 9.47 Å². The van der Waals surface area contributed by atoms with E-state index in [1.54, 1.807) is 0 Å². The molecule has 1 aromatic heterocycles. The van der Waals surface area contributed by atoms with Crippen molar-refractivity contribution in [1.29, 1.82) is 0 Å². The van der Waals surface area contributed by atoms with Gasteiger partial charge in [0.2, 0.25) is 0 Å². The zero-order valence-electron chi connectivity index (χ0n) is 31.3. The van der Waals surface area contributed by atoms with Crippen molar-refractivity contribution < 1.29 is 0 Å². The Balaban J connectivity index is 1.15. The average molecular weight is 727 g/mol. The van der Waals surface area contributed by atoms with Gasteiger partial charge in [0.05, 0.1) is 11.0 Å². The lowest BCUT2D eigenvalue weighted by Crippen LogP contribution is -2.35. The van der Waals surface area contributed by atoms with Crippen LogP contribution in [0.4, 0.5) is 17.1 Å². The van der Waals surface area contributed by atoms with E-state index in [-0.39, 0.29) is 0 Å². The number of rotatable bonds is 7. The van der Waals surface area contributed by atoms with Crippen molar-refractivity contribution in [3.8, 4) is 33.4 Å². The third-order valence-electron chi connectivity index (χ3n) is 11.8. The largest absolute Gasteiger partial charge is 0.322 e. The summed E-state index contributed by atoms with van der Waals surface area (Å²) in [6, 6.07) is 84.2. The minimum Gasteiger partial charge on any atom is -0.322 e. The summed E-state index contributed by atoms with van der Waals surface area (Å²) in [6.45, 7) is 0. The molecule has 0 atom stereocenters. The normalized spacial score (nSPS) is 12.7. The average Bonchev–Trinajstić information content (AvgIpc) is 3.78. The maximum Gasteiger partial charge on any atom is 0.122 e. The van der Waals surface area contributed by atoms with Crippen molar-refractivity contribution in [2.45, 2.75) is 5.54 Å². The number of para-hydroxylation sites is 1. The van der Waals surface area contributed by atoms with E-state index in [1.807, 2.05) is 0 Å². The van der Waals surface area contributed by atoms with Crippen LogP contribution in [-0.2, 0) is 5.54 Å². The first kappa shape index (κ1) is 33.0. The second-order valence-corrected chi connectivity index (χ2v) is 14.9. The van der Waals surface area contributed by atoms with E-state index in [0.29, 0.717) is 0 Å². The fraction of sp³-hybridized carbons (Fsp3) is 0.0182. The summed E-state index contributed by atoms with van der Waals surface area (Å²) >= 11 is 0. The summed E-state index contributed by atoms with van der Waals surface area (Å²) in [5.74, 6) is 0. The number of aromatic nitrogens is 1. The molecule has 11 rings (SSSR count). The first-order valence-corrected chi connectivity index (χ1v) is 19.7. The number of hydrogen-bond acceptors (Lipinski definition) is 1. The van der Waals surface area contributed by atoms with Crippen LogP contribution < -0.4 is 4.90 Å². The maximum absolute atomic E-state index is 2.62. The van der Waals surface area contributed by atoms with Gasteiger partial charge in [0.15, 0.2) is 0 Å². The van der Waals surface area contributed by atoms with Crippen LogP contribution in [0.3, 0.4) is 0 Å². The van der Waals surface area contributed by atoms with Crippen molar-refractivity contribution in [3.05, 3.63) is 247 Å². The summed E-state index contributed by atoms with van der Waals surface area (Å²) in [5.41, 5.74) is 16.3. The van der Waals surface area contributed by atoms with Crippen LogP contribution >= 0.6 is 0 Å². The monoisotopic (exact) mass is 726 g/mol. The van der Waals surface area contributed by atoms with Gasteiger partial charge in [0, 0.05) is 27.8 Å². The lowest BCUT2D eigenvalue weighted by molar-refractivity contribution is 0.564. The number of benzene rings is 9. The zero-order valence-corrected chi connectivity index (χ0v) is 31.3. The smallest absolute Gasteiger partial charge is 0.122 e. The van der Waals surface area contributed by atoms with Crippen LogP contribution in [0, 0.1) is 0 Å². The van der Waals surface area contributed by atoms with Crippen LogP contribution in [0.5, 0.6) is 0 Å². The molecular weight excluding hydrogens is 689 g/mol. The highest BCUT2D eigenvalue weighted by atomic mass is 15.1. The Morgan fingerprint density at radius 2 is 0.737 bits per heavy atom. The fourth-order valence-electron chi connectivity index (χ4n) is 9.35. The molecule has 0 saturated carbocycles. The Morgan fingerprint density at radius 1 is 0.316 bits per heavy atom. The second-order valence-electron chi connectivity index (χ2n) is 14.9. The van der Waals surface area contributed by atoms with E-state index in [9.17, 15) is 0 Å². The van der Waals surface area contributed by atoms with Gasteiger partial charge in [0.1, 0.15) is 5.54 Å². The van der Waals surface area contributed by atoms with E-state index in [0.717, 1.165) is 17.1 Å². The quantitative estimate of drug-likeness (QED) is 0.159. The third-order valence-corrected chi connectivity index (χ3v) is 11.8. The molecule has 0 bridgehead atoms. The van der Waals surface area contributed by atoms with Crippen LogP contribution in [0.25, 0.3) is 55.2 Å². The topological polar surface area (TPSA) is 8.17 Å². The van der Waals surface area contributed by atoms with Crippen LogP contribution in [-0.4, -0.2) is 4.57 Å². The Labute approximate surface area is 333 Å². The lowest BCUT2D eigenvalue weighted by Gasteiger charge is -2.36. The van der Waals surface area contributed by atoms with Crippen LogP contribution in [0.1, 0.15) is 16.7 Å². The lowest BCUT2D eigenvalue weighted by atomic mass is 9.80. The number of anilines is 3. The van der Waals surface area contributed by atoms with E-state index in [4.69, 9.17) is 0 Å². The van der Waals surface area contributed by atoms with Crippen molar-refractivity contribution in [3.63, 3.8) is 0 Å². The summed E-state index contributed by atoms with van der Waals surface area (Å²) in [7, 11) is 0. The van der Waals surface area contributed by atoms with Gasteiger partial charge in [-0.05, 0) is 98.6 Å². The third kappa shape index (κ3) is 5.18. The molecular formula is C55H38N2. The minimum absolute atomic E-state index is 0.586. The molecule has 2 heteroatoms. The van der Waals surface area contributed by atoms with Crippen molar-refractivity contribution in [1.82, 2.24) is 4.57 Å². The molecule has 0 spiro atoms. The molecule has 10 aromatic rings. The molecule has 0 saturated heterocycles. The van der Waals surface area contributed by atoms with E-state index >= 15 is 0 Å². The summed E-state index contributed by atoms with van der Waals surface area (Å²) in [6.07, 6.45) is 0. The summed E-state index contributed by atoms with van der Waals surface area (Å²) in [5, 5.41) is 2.44. The van der Waals surface area contributed by atoms with Gasteiger partial charge in [-0.25, -0.2) is 0 Å². The Bertz CT molecular complexity index is 2910. The van der Waals surface area contributed by atoms with Gasteiger partial charge >= 0.3 is 0 Å². The summed E-state index contributed by atoms with van der Waals surface area (Å²) in [4.78, 5) is 2.39. The molecule has 57 heavy (non-hydrogen) atoms. The highest BCUT2D eigenvalue weighted by Gasteiger charge is 2.47. The fourth-order valence-corrected chi connectivity index (χ4v) is 9.35. The van der Waals surface area contributed by atoms with Crippen LogP contribution in [0.15, 0.2) is 231 Å². The molecule has 0 N–H and O–H groups in total. The van der Waals surface area contributed by atoms with E-state index in [2.05, 4.69) is 240 Å². The first-order valence-electron chi connectivity index (χ1n) is 19.7. The van der Waals surface area contributed by atoms with Crippen molar-refractivity contribution in [2.75, 3.05) is 4.90 Å². The summed E-state index contributed by atoms with van der Waals surface area (Å²) < 4.78 is 2.62. The Hall–Kier alpha value is -7.42. The SMILES string of the molecule is c1ccc(-c2ccc(N(c3ccc(-c4ccccc4)cc3)c3ccc4c(c3)c3ccccc3n4C3(c4ccccc4)c4ccccc4-c4ccccc43)cc2)cc1. The predicted molar refractivity (Wildman–Crippen MR) is 239 cm³/mol. The number of fused-ring (bicyclic) bond motifs is 6. The standard InChI is InChI=1S/C55H38N2/c1-4-16-39(17-5-1)41-28-32-44(33-29-41)56(45-34-30-42(31-35-45)40-18-6-2-7-19-40)46-36-37-54-50(38-46)49-24-12-15-27-53(49)57(54)55(43-20-8-3-9-21-43)51-25-13-10-22-47(51)48-23-11-14-26-52(48)55/h1-38H. The Kier molecular flexibility index (Phi) is 7.75. The van der Waals surface area contributed by atoms with Gasteiger partial charge in [-0.15, -0.1) is 0 Å². The zero-order chi connectivity index (χ0) is 37.8. The van der Waals surface area contributed by atoms with Crippen LogP contribution in [0.2, 0.25) is 0 Å². The molecule has 1 heterocycles. The molecule has 0 radical (unpaired) electrons. The minimum atomic E-state index is -0.586. The molecule has 9 aromatic carbocycles. The molecule has 0 unspecified atom stereocenters. The highest BCUT2D eigenvalue weighted by Crippen LogP contribution is 2.56.